The first-order valence-electron chi connectivity index (χ1n) is 5.49. The first-order valence-corrected chi connectivity index (χ1v) is 5.49. The number of hydrogen-bond acceptors (Lipinski definition) is 2. The van der Waals surface area contributed by atoms with Crippen molar-refractivity contribution in [2.45, 2.75) is 13.1 Å². The molecular formula is C12H10F2N4. The molecule has 0 fully saturated rings. The molecule has 0 saturated carbocycles. The number of aryl methyl sites for hydroxylation is 2. The maximum Gasteiger partial charge on any atom is 0.161 e. The highest BCUT2D eigenvalue weighted by molar-refractivity contribution is 5.75. The highest BCUT2D eigenvalue weighted by atomic mass is 19.2. The molecule has 0 unspecified atom stereocenters. The fourth-order valence-corrected chi connectivity index (χ4v) is 1.87. The van der Waals surface area contributed by atoms with E-state index < -0.39 is 11.6 Å². The third-order valence-electron chi connectivity index (χ3n) is 2.82. The topological polar surface area (TPSA) is 35.6 Å². The van der Waals surface area contributed by atoms with Crippen molar-refractivity contribution in [2.75, 3.05) is 0 Å². The van der Waals surface area contributed by atoms with E-state index in [1.165, 1.54) is 6.07 Å². The number of halogens is 2. The third-order valence-corrected chi connectivity index (χ3v) is 2.82. The van der Waals surface area contributed by atoms with E-state index in [9.17, 15) is 8.78 Å². The summed E-state index contributed by atoms with van der Waals surface area (Å²) >= 11 is 0. The van der Waals surface area contributed by atoms with Crippen LogP contribution in [0.25, 0.3) is 11.0 Å². The van der Waals surface area contributed by atoms with Crippen molar-refractivity contribution in [2.24, 2.45) is 0 Å². The summed E-state index contributed by atoms with van der Waals surface area (Å²) in [7, 11) is 0. The van der Waals surface area contributed by atoms with E-state index in [1.807, 2.05) is 10.8 Å². The Hall–Kier alpha value is -2.24. The van der Waals surface area contributed by atoms with Crippen LogP contribution in [0.5, 0.6) is 0 Å². The lowest BCUT2D eigenvalue weighted by Crippen LogP contribution is -2.05. The molecule has 3 aromatic rings. The molecule has 0 bridgehead atoms. The summed E-state index contributed by atoms with van der Waals surface area (Å²) in [5, 5.41) is 0. The van der Waals surface area contributed by atoms with E-state index in [2.05, 4.69) is 9.97 Å². The predicted molar refractivity (Wildman–Crippen MR) is 61.9 cm³/mol. The van der Waals surface area contributed by atoms with Gasteiger partial charge >= 0.3 is 0 Å². The van der Waals surface area contributed by atoms with Crippen LogP contribution in [0.1, 0.15) is 0 Å². The standard InChI is InChI=1S/C12H10F2N4/c13-9-5-11-12(6-10(9)14)18(8-16-11)4-3-17-2-1-15-7-17/h1-2,5-8H,3-4H2. The lowest BCUT2D eigenvalue weighted by Gasteiger charge is -2.05. The Morgan fingerprint density at radius 2 is 1.89 bits per heavy atom. The molecule has 92 valence electrons. The van der Waals surface area contributed by atoms with Crippen molar-refractivity contribution in [3.63, 3.8) is 0 Å². The van der Waals surface area contributed by atoms with Crippen molar-refractivity contribution in [1.82, 2.24) is 19.1 Å². The molecule has 4 nitrogen and oxygen atoms in total. The summed E-state index contributed by atoms with van der Waals surface area (Å²) in [4.78, 5) is 7.99. The highest BCUT2D eigenvalue weighted by Crippen LogP contribution is 2.17. The minimum Gasteiger partial charge on any atom is -0.336 e. The zero-order valence-corrected chi connectivity index (χ0v) is 9.42. The lowest BCUT2D eigenvalue weighted by molar-refractivity contribution is 0.509. The van der Waals surface area contributed by atoms with Crippen LogP contribution >= 0.6 is 0 Å². The number of benzene rings is 1. The van der Waals surface area contributed by atoms with Crippen LogP contribution in [0, 0.1) is 11.6 Å². The quantitative estimate of drug-likeness (QED) is 0.712. The minimum absolute atomic E-state index is 0.458. The zero-order chi connectivity index (χ0) is 12.5. The summed E-state index contributed by atoms with van der Waals surface area (Å²) in [6.45, 7) is 1.32. The Balaban J connectivity index is 1.90. The van der Waals surface area contributed by atoms with Crippen molar-refractivity contribution >= 4 is 11.0 Å². The van der Waals surface area contributed by atoms with Crippen molar-refractivity contribution < 1.29 is 8.78 Å². The van der Waals surface area contributed by atoms with Gasteiger partial charge in [-0.05, 0) is 0 Å². The molecule has 0 amide bonds. The average molecular weight is 248 g/mol. The Kier molecular flexibility index (Phi) is 2.55. The maximum absolute atomic E-state index is 13.2. The smallest absolute Gasteiger partial charge is 0.161 e. The molecule has 6 heteroatoms. The molecule has 0 N–H and O–H groups in total. The minimum atomic E-state index is -0.873. The Morgan fingerprint density at radius 3 is 2.67 bits per heavy atom. The summed E-state index contributed by atoms with van der Waals surface area (Å²) in [6, 6.07) is 2.28. The predicted octanol–water partition coefficient (Wildman–Crippen LogP) is 2.21. The zero-order valence-electron chi connectivity index (χ0n) is 9.42. The normalized spacial score (nSPS) is 11.2. The molecule has 0 atom stereocenters. The van der Waals surface area contributed by atoms with E-state index in [4.69, 9.17) is 0 Å². The van der Waals surface area contributed by atoms with Gasteiger partial charge in [0.05, 0.1) is 23.7 Å². The van der Waals surface area contributed by atoms with Gasteiger partial charge in [0.25, 0.3) is 0 Å². The van der Waals surface area contributed by atoms with Crippen LogP contribution < -0.4 is 0 Å². The number of hydrogen-bond donors (Lipinski definition) is 0. The molecule has 0 aliphatic heterocycles. The molecule has 1 aromatic carbocycles. The molecule has 0 spiro atoms. The Bertz CT molecular complexity index is 673. The van der Waals surface area contributed by atoms with Gasteiger partial charge in [-0.15, -0.1) is 0 Å². The van der Waals surface area contributed by atoms with E-state index in [0.29, 0.717) is 24.1 Å². The number of imidazole rings is 2. The van der Waals surface area contributed by atoms with Gasteiger partial charge in [-0.2, -0.15) is 0 Å². The molecule has 0 aliphatic carbocycles. The molecule has 2 heterocycles. The first kappa shape index (κ1) is 10.9. The fraction of sp³-hybridized carbons (Fsp3) is 0.167. The van der Waals surface area contributed by atoms with Crippen LogP contribution in [0.3, 0.4) is 0 Å². The van der Waals surface area contributed by atoms with Gasteiger partial charge in [0.1, 0.15) is 0 Å². The van der Waals surface area contributed by atoms with E-state index >= 15 is 0 Å². The van der Waals surface area contributed by atoms with Crippen LogP contribution in [0.2, 0.25) is 0 Å². The van der Waals surface area contributed by atoms with E-state index in [-0.39, 0.29) is 0 Å². The molecule has 3 rings (SSSR count). The van der Waals surface area contributed by atoms with Crippen LogP contribution in [-0.4, -0.2) is 19.1 Å². The SMILES string of the molecule is Fc1cc2ncn(CCn3ccnc3)c2cc1F. The number of aromatic nitrogens is 4. The van der Waals surface area contributed by atoms with Crippen molar-refractivity contribution in [3.8, 4) is 0 Å². The van der Waals surface area contributed by atoms with Crippen molar-refractivity contribution in [3.05, 3.63) is 48.8 Å². The molecule has 0 aliphatic rings. The first-order chi connectivity index (χ1) is 8.74. The molecule has 2 aromatic heterocycles. The summed E-state index contributed by atoms with van der Waals surface area (Å²) in [5.74, 6) is -1.73. The Morgan fingerprint density at radius 1 is 1.06 bits per heavy atom. The monoisotopic (exact) mass is 248 g/mol. The van der Waals surface area contributed by atoms with Gasteiger partial charge in [-0.3, -0.25) is 0 Å². The van der Waals surface area contributed by atoms with Crippen LogP contribution in [0.4, 0.5) is 8.78 Å². The summed E-state index contributed by atoms with van der Waals surface area (Å²) in [6.07, 6.45) is 6.83. The number of fused-ring (bicyclic) bond motifs is 1. The number of rotatable bonds is 3. The molecule has 18 heavy (non-hydrogen) atoms. The summed E-state index contributed by atoms with van der Waals surface area (Å²) in [5.41, 5.74) is 1.05. The van der Waals surface area contributed by atoms with Gasteiger partial charge in [-0.25, -0.2) is 18.7 Å². The lowest BCUT2D eigenvalue weighted by atomic mass is 10.3. The van der Waals surface area contributed by atoms with Gasteiger partial charge in [0, 0.05) is 37.6 Å². The molecular weight excluding hydrogens is 238 g/mol. The fourth-order valence-electron chi connectivity index (χ4n) is 1.87. The molecule has 0 saturated heterocycles. The number of nitrogens with zero attached hydrogens (tertiary/aromatic N) is 4. The van der Waals surface area contributed by atoms with E-state index in [1.54, 1.807) is 23.4 Å². The second-order valence-corrected chi connectivity index (χ2v) is 3.99. The second-order valence-electron chi connectivity index (χ2n) is 3.99. The summed E-state index contributed by atoms with van der Waals surface area (Å²) < 4.78 is 29.9. The van der Waals surface area contributed by atoms with Crippen LogP contribution in [0.15, 0.2) is 37.2 Å². The van der Waals surface area contributed by atoms with Gasteiger partial charge in [-0.1, -0.05) is 0 Å². The largest absolute Gasteiger partial charge is 0.336 e. The van der Waals surface area contributed by atoms with Gasteiger partial charge in [0.15, 0.2) is 11.6 Å². The van der Waals surface area contributed by atoms with Gasteiger partial charge < -0.3 is 9.13 Å². The van der Waals surface area contributed by atoms with E-state index in [0.717, 1.165) is 6.07 Å². The van der Waals surface area contributed by atoms with Crippen molar-refractivity contribution in [1.29, 1.82) is 0 Å². The average Bonchev–Trinajstić information content (AvgIpc) is 2.97. The van der Waals surface area contributed by atoms with Gasteiger partial charge in [0.2, 0.25) is 0 Å². The highest BCUT2D eigenvalue weighted by Gasteiger charge is 2.08. The van der Waals surface area contributed by atoms with Crippen LogP contribution in [-0.2, 0) is 13.1 Å². The molecule has 0 radical (unpaired) electrons. The Labute approximate surface area is 102 Å². The maximum atomic E-state index is 13.2. The second kappa shape index (κ2) is 4.21. The third kappa shape index (κ3) is 1.85.